The molecule has 1 aliphatic rings. The highest BCUT2D eigenvalue weighted by atomic mass is 32.1. The third-order valence-electron chi connectivity index (χ3n) is 2.57. The normalized spacial score (nSPS) is 21.1. The van der Waals surface area contributed by atoms with Gasteiger partial charge < -0.3 is 4.90 Å². The zero-order valence-corrected chi connectivity index (χ0v) is 9.30. The molecule has 0 radical (unpaired) electrons. The summed E-state index contributed by atoms with van der Waals surface area (Å²) in [6.45, 7) is 2.18. The topological polar surface area (TPSA) is 20.3 Å². The van der Waals surface area contributed by atoms with Gasteiger partial charge in [-0.05, 0) is 18.6 Å². The zero-order valence-electron chi connectivity index (χ0n) is 8.40. The minimum atomic E-state index is -0.312. The van der Waals surface area contributed by atoms with E-state index in [9.17, 15) is 9.18 Å². The molecule has 2 nitrogen and oxygen atoms in total. The van der Waals surface area contributed by atoms with Crippen molar-refractivity contribution in [2.24, 2.45) is 0 Å². The molecule has 0 N–H and O–H groups in total. The second-order valence-corrected chi connectivity index (χ2v) is 4.50. The van der Waals surface area contributed by atoms with Crippen molar-refractivity contribution in [1.29, 1.82) is 0 Å². The maximum absolute atomic E-state index is 13.7. The van der Waals surface area contributed by atoms with Crippen molar-refractivity contribution in [3.63, 3.8) is 0 Å². The van der Waals surface area contributed by atoms with Crippen LogP contribution in [-0.2, 0) is 4.79 Å². The molecule has 1 atom stereocenters. The van der Waals surface area contributed by atoms with Crippen molar-refractivity contribution in [3.8, 4) is 0 Å². The first-order valence-electron chi connectivity index (χ1n) is 4.83. The highest BCUT2D eigenvalue weighted by Gasteiger charge is 2.30. The Balaban J connectivity index is 2.38. The summed E-state index contributed by atoms with van der Waals surface area (Å²) < 4.78 is 13.7. The first kappa shape index (κ1) is 10.5. The van der Waals surface area contributed by atoms with Gasteiger partial charge in [-0.25, -0.2) is 4.39 Å². The fourth-order valence-corrected chi connectivity index (χ4v) is 2.08. The molecule has 1 fully saturated rings. The summed E-state index contributed by atoms with van der Waals surface area (Å²) in [7, 11) is 0. The highest BCUT2D eigenvalue weighted by Crippen LogP contribution is 2.27. The third kappa shape index (κ3) is 1.86. The minimum Gasteiger partial charge on any atom is -0.308 e. The third-order valence-corrected chi connectivity index (χ3v) is 2.91. The van der Waals surface area contributed by atoms with Crippen LogP contribution in [0.15, 0.2) is 18.2 Å². The summed E-state index contributed by atoms with van der Waals surface area (Å²) >= 11 is 4.24. The van der Waals surface area contributed by atoms with Crippen LogP contribution in [0.2, 0.25) is 0 Å². The van der Waals surface area contributed by atoms with E-state index in [1.165, 1.54) is 4.90 Å². The average Bonchev–Trinajstić information content (AvgIpc) is 2.50. The van der Waals surface area contributed by atoms with Gasteiger partial charge in [-0.1, -0.05) is 12.1 Å². The lowest BCUT2D eigenvalue weighted by Crippen LogP contribution is -2.25. The molecule has 1 aromatic carbocycles. The van der Waals surface area contributed by atoms with Crippen molar-refractivity contribution in [1.82, 2.24) is 0 Å². The first-order chi connectivity index (χ1) is 7.09. The van der Waals surface area contributed by atoms with Gasteiger partial charge in [0.2, 0.25) is 5.91 Å². The Bertz CT molecular complexity index is 408. The van der Waals surface area contributed by atoms with E-state index in [0.29, 0.717) is 24.2 Å². The molecule has 0 aromatic heterocycles. The molecule has 1 aliphatic heterocycles. The molecule has 0 spiro atoms. The number of hydrogen-bond acceptors (Lipinski definition) is 2. The standard InChI is InChI=1S/C11H12FNOS/c1-7-3-2-4-9(11(7)12)13-6-8(15)5-10(13)14/h2-4,8,15H,5-6H2,1H3. The molecule has 0 bridgehead atoms. The molecule has 4 heteroatoms. The van der Waals surface area contributed by atoms with E-state index in [2.05, 4.69) is 12.6 Å². The number of rotatable bonds is 1. The highest BCUT2D eigenvalue weighted by molar-refractivity contribution is 7.81. The summed E-state index contributed by atoms with van der Waals surface area (Å²) in [6, 6.07) is 5.08. The molecule has 1 unspecified atom stereocenters. The molecule has 2 rings (SSSR count). The molecule has 0 saturated carbocycles. The summed E-state index contributed by atoms with van der Waals surface area (Å²) in [6.07, 6.45) is 0.385. The van der Waals surface area contributed by atoms with E-state index in [-0.39, 0.29) is 17.0 Å². The van der Waals surface area contributed by atoms with Crippen LogP contribution >= 0.6 is 12.6 Å². The SMILES string of the molecule is Cc1cccc(N2CC(S)CC2=O)c1F. The molecule has 1 saturated heterocycles. The number of thiol groups is 1. The Kier molecular flexibility index (Phi) is 2.69. The minimum absolute atomic E-state index is 0.0115. The lowest BCUT2D eigenvalue weighted by molar-refractivity contribution is -0.117. The van der Waals surface area contributed by atoms with E-state index in [1.54, 1.807) is 25.1 Å². The van der Waals surface area contributed by atoms with Crippen LogP contribution in [0, 0.1) is 12.7 Å². The second kappa shape index (κ2) is 3.85. The van der Waals surface area contributed by atoms with Gasteiger partial charge in [-0.15, -0.1) is 0 Å². The van der Waals surface area contributed by atoms with Crippen LogP contribution < -0.4 is 4.90 Å². The Hall–Kier alpha value is -1.03. The van der Waals surface area contributed by atoms with Gasteiger partial charge in [0.1, 0.15) is 5.82 Å². The first-order valence-corrected chi connectivity index (χ1v) is 5.35. The smallest absolute Gasteiger partial charge is 0.228 e. The van der Waals surface area contributed by atoms with Gasteiger partial charge >= 0.3 is 0 Å². The maximum atomic E-state index is 13.7. The van der Waals surface area contributed by atoms with Crippen molar-refractivity contribution in [3.05, 3.63) is 29.6 Å². The van der Waals surface area contributed by atoms with E-state index < -0.39 is 0 Å². The van der Waals surface area contributed by atoms with Crippen LogP contribution in [0.4, 0.5) is 10.1 Å². The Labute approximate surface area is 93.5 Å². The lowest BCUT2D eigenvalue weighted by Gasteiger charge is -2.17. The number of halogens is 1. The molecular weight excluding hydrogens is 213 g/mol. The van der Waals surface area contributed by atoms with Crippen molar-refractivity contribution < 1.29 is 9.18 Å². The molecule has 0 aliphatic carbocycles. The van der Waals surface area contributed by atoms with Crippen molar-refractivity contribution >= 4 is 24.2 Å². The molecule has 80 valence electrons. The summed E-state index contributed by atoms with van der Waals surface area (Å²) in [5, 5.41) is 0.0115. The molecular formula is C11H12FNOS. The molecule has 1 heterocycles. The van der Waals surface area contributed by atoms with E-state index in [4.69, 9.17) is 0 Å². The Morgan fingerprint density at radius 3 is 2.87 bits per heavy atom. The second-order valence-electron chi connectivity index (χ2n) is 3.77. The van der Waals surface area contributed by atoms with Gasteiger partial charge in [0.15, 0.2) is 0 Å². The van der Waals surface area contributed by atoms with Gasteiger partial charge in [0, 0.05) is 18.2 Å². The van der Waals surface area contributed by atoms with Crippen LogP contribution in [0.5, 0.6) is 0 Å². The number of amides is 1. The van der Waals surface area contributed by atoms with E-state index >= 15 is 0 Å². The fraction of sp³-hybridized carbons (Fsp3) is 0.364. The summed E-state index contributed by atoms with van der Waals surface area (Å²) in [5.74, 6) is -0.368. The maximum Gasteiger partial charge on any atom is 0.228 e. The van der Waals surface area contributed by atoms with Crippen LogP contribution in [0.3, 0.4) is 0 Å². The van der Waals surface area contributed by atoms with Crippen molar-refractivity contribution in [2.45, 2.75) is 18.6 Å². The number of carbonyl (C=O) groups is 1. The average molecular weight is 225 g/mol. The predicted molar refractivity (Wildman–Crippen MR) is 60.9 cm³/mol. The molecule has 1 aromatic rings. The van der Waals surface area contributed by atoms with Gasteiger partial charge in [0.05, 0.1) is 5.69 Å². The van der Waals surface area contributed by atoms with Crippen LogP contribution in [-0.4, -0.2) is 17.7 Å². The Morgan fingerprint density at radius 2 is 2.27 bits per heavy atom. The van der Waals surface area contributed by atoms with E-state index in [1.807, 2.05) is 0 Å². The molecule has 1 amide bonds. The number of hydrogen-bond donors (Lipinski definition) is 1. The fourth-order valence-electron chi connectivity index (χ4n) is 1.76. The molecule has 15 heavy (non-hydrogen) atoms. The number of carbonyl (C=O) groups excluding carboxylic acids is 1. The largest absolute Gasteiger partial charge is 0.308 e. The van der Waals surface area contributed by atoms with Gasteiger partial charge in [-0.2, -0.15) is 12.6 Å². The number of nitrogens with zero attached hydrogens (tertiary/aromatic N) is 1. The number of anilines is 1. The predicted octanol–water partition coefficient (Wildman–Crippen LogP) is 2.17. The van der Waals surface area contributed by atoms with Crippen molar-refractivity contribution in [2.75, 3.05) is 11.4 Å². The van der Waals surface area contributed by atoms with Crippen LogP contribution in [0.25, 0.3) is 0 Å². The summed E-state index contributed by atoms with van der Waals surface area (Å²) in [5.41, 5.74) is 0.930. The van der Waals surface area contributed by atoms with Gasteiger partial charge in [0.25, 0.3) is 0 Å². The monoisotopic (exact) mass is 225 g/mol. The lowest BCUT2D eigenvalue weighted by atomic mass is 10.2. The van der Waals surface area contributed by atoms with E-state index in [0.717, 1.165) is 0 Å². The number of benzene rings is 1. The summed E-state index contributed by atoms with van der Waals surface area (Å²) in [4.78, 5) is 13.0. The Morgan fingerprint density at radius 1 is 1.53 bits per heavy atom. The zero-order chi connectivity index (χ0) is 11.0. The van der Waals surface area contributed by atoms with Gasteiger partial charge in [-0.3, -0.25) is 4.79 Å². The quantitative estimate of drug-likeness (QED) is 0.726. The van der Waals surface area contributed by atoms with Crippen LogP contribution in [0.1, 0.15) is 12.0 Å². The number of aryl methyl sites for hydroxylation is 1.